The summed E-state index contributed by atoms with van der Waals surface area (Å²) >= 11 is 1.62. The molecule has 10 heteroatoms. The second-order valence-electron chi connectivity index (χ2n) is 6.04. The van der Waals surface area contributed by atoms with Crippen LogP contribution in [0.15, 0.2) is 51.6 Å². The Morgan fingerprint density at radius 3 is 2.68 bits per heavy atom. The fraction of sp³-hybridized carbons (Fsp3) is 0.333. The molecule has 0 radical (unpaired) electrons. The summed E-state index contributed by atoms with van der Waals surface area (Å²) in [7, 11) is 1.80. The zero-order chi connectivity index (χ0) is 18.5. The molecule has 3 aromatic heterocycles. The number of anilines is 1. The summed E-state index contributed by atoms with van der Waals surface area (Å²) in [6.45, 7) is 4.01. The van der Waals surface area contributed by atoms with Gasteiger partial charge in [-0.2, -0.15) is 0 Å². The predicted octanol–water partition coefficient (Wildman–Crippen LogP) is 2.71. The molecule has 148 valence electrons. The van der Waals surface area contributed by atoms with Gasteiger partial charge in [0.05, 0.1) is 17.1 Å². The Morgan fingerprint density at radius 2 is 2.00 bits per heavy atom. The van der Waals surface area contributed by atoms with Crippen molar-refractivity contribution < 1.29 is 4.42 Å². The van der Waals surface area contributed by atoms with Crippen molar-refractivity contribution in [1.82, 2.24) is 25.2 Å². The Balaban J connectivity index is 0.00000225. The molecule has 0 aliphatic carbocycles. The number of aliphatic imine (C=N–C) groups is 1. The lowest BCUT2D eigenvalue weighted by molar-refractivity contribution is 0.370. The van der Waals surface area contributed by atoms with E-state index < -0.39 is 0 Å². The molecule has 0 bridgehead atoms. The van der Waals surface area contributed by atoms with Gasteiger partial charge in [0.15, 0.2) is 5.96 Å². The Labute approximate surface area is 184 Å². The third-order valence-electron chi connectivity index (χ3n) is 4.34. The van der Waals surface area contributed by atoms with E-state index in [1.165, 1.54) is 0 Å². The number of guanidine groups is 1. The van der Waals surface area contributed by atoms with Gasteiger partial charge in [0.25, 0.3) is 0 Å². The van der Waals surface area contributed by atoms with Crippen molar-refractivity contribution in [2.75, 3.05) is 38.1 Å². The number of halogens is 1. The molecule has 0 saturated carbocycles. The SMILES string of the molecule is CN=C(NCc1coc(-c2cccs2)n1)N1CCN(c2ncccn2)CC1.I. The first kappa shape index (κ1) is 20.5. The number of aromatic nitrogens is 3. The van der Waals surface area contributed by atoms with Crippen LogP contribution in [0.25, 0.3) is 10.8 Å². The summed E-state index contributed by atoms with van der Waals surface area (Å²) in [6, 6.07) is 5.83. The lowest BCUT2D eigenvalue weighted by atomic mass is 10.3. The van der Waals surface area contributed by atoms with Gasteiger partial charge in [0, 0.05) is 45.6 Å². The molecule has 1 fully saturated rings. The lowest BCUT2D eigenvalue weighted by Gasteiger charge is -2.36. The maximum Gasteiger partial charge on any atom is 0.236 e. The minimum absolute atomic E-state index is 0. The molecule has 1 aliphatic heterocycles. The molecule has 0 atom stereocenters. The molecule has 4 rings (SSSR count). The summed E-state index contributed by atoms with van der Waals surface area (Å²) in [4.78, 5) is 23.1. The monoisotopic (exact) mass is 511 g/mol. The van der Waals surface area contributed by atoms with Crippen LogP contribution in [0.4, 0.5) is 5.95 Å². The van der Waals surface area contributed by atoms with Crippen molar-refractivity contribution in [1.29, 1.82) is 0 Å². The average Bonchev–Trinajstić information content (AvgIpc) is 3.41. The van der Waals surface area contributed by atoms with Gasteiger partial charge in [-0.15, -0.1) is 35.3 Å². The molecular formula is C18H22IN7OS. The number of nitrogens with zero attached hydrogens (tertiary/aromatic N) is 6. The average molecular weight is 511 g/mol. The second-order valence-corrected chi connectivity index (χ2v) is 6.99. The fourth-order valence-electron chi connectivity index (χ4n) is 2.98. The standard InChI is InChI=1S/C18H21N7OS.HI/c1-19-17(22-12-14-13-26-16(23-14)15-4-2-11-27-15)24-7-9-25(10-8-24)18-20-5-3-6-21-18;/h2-6,11,13H,7-10,12H2,1H3,(H,19,22);1H. The van der Waals surface area contributed by atoms with E-state index in [9.17, 15) is 0 Å². The van der Waals surface area contributed by atoms with Crippen molar-refractivity contribution in [3.8, 4) is 10.8 Å². The number of thiophene rings is 1. The van der Waals surface area contributed by atoms with Crippen LogP contribution in [0, 0.1) is 0 Å². The number of hydrogen-bond acceptors (Lipinski definition) is 7. The van der Waals surface area contributed by atoms with E-state index in [0.29, 0.717) is 12.4 Å². The Hall–Kier alpha value is -2.21. The number of hydrogen-bond donors (Lipinski definition) is 1. The maximum atomic E-state index is 5.57. The smallest absolute Gasteiger partial charge is 0.236 e. The zero-order valence-corrected chi connectivity index (χ0v) is 18.6. The number of nitrogens with one attached hydrogen (secondary N) is 1. The summed E-state index contributed by atoms with van der Waals surface area (Å²) in [5.74, 6) is 2.31. The summed E-state index contributed by atoms with van der Waals surface area (Å²) in [6.07, 6.45) is 5.25. The number of piperazine rings is 1. The van der Waals surface area contributed by atoms with E-state index in [2.05, 4.69) is 35.1 Å². The van der Waals surface area contributed by atoms with Crippen LogP contribution in [-0.4, -0.2) is 59.0 Å². The van der Waals surface area contributed by atoms with Gasteiger partial charge in [-0.05, 0) is 17.5 Å². The van der Waals surface area contributed by atoms with Crippen molar-refractivity contribution in [3.63, 3.8) is 0 Å². The van der Waals surface area contributed by atoms with Gasteiger partial charge in [-0.3, -0.25) is 4.99 Å². The quantitative estimate of drug-likeness (QED) is 0.328. The normalized spacial score (nSPS) is 14.7. The molecule has 28 heavy (non-hydrogen) atoms. The molecule has 0 unspecified atom stereocenters. The van der Waals surface area contributed by atoms with E-state index in [0.717, 1.165) is 48.7 Å². The molecule has 8 nitrogen and oxygen atoms in total. The van der Waals surface area contributed by atoms with Gasteiger partial charge >= 0.3 is 0 Å². The van der Waals surface area contributed by atoms with Gasteiger partial charge in [-0.1, -0.05) is 6.07 Å². The zero-order valence-electron chi connectivity index (χ0n) is 15.5. The van der Waals surface area contributed by atoms with Crippen LogP contribution >= 0.6 is 35.3 Å². The Bertz CT molecular complexity index is 876. The molecular weight excluding hydrogens is 489 g/mol. The largest absolute Gasteiger partial charge is 0.443 e. The van der Waals surface area contributed by atoms with E-state index in [-0.39, 0.29) is 24.0 Å². The van der Waals surface area contributed by atoms with Gasteiger partial charge in [0.1, 0.15) is 6.26 Å². The maximum absolute atomic E-state index is 5.57. The molecule has 0 amide bonds. The van der Waals surface area contributed by atoms with Crippen LogP contribution in [0.5, 0.6) is 0 Å². The first-order chi connectivity index (χ1) is 13.3. The molecule has 1 N–H and O–H groups in total. The van der Waals surface area contributed by atoms with Crippen LogP contribution in [0.3, 0.4) is 0 Å². The predicted molar refractivity (Wildman–Crippen MR) is 121 cm³/mol. The fourth-order valence-corrected chi connectivity index (χ4v) is 3.63. The summed E-state index contributed by atoms with van der Waals surface area (Å²) < 4.78 is 5.57. The third kappa shape index (κ3) is 4.79. The highest BCUT2D eigenvalue weighted by Crippen LogP contribution is 2.23. The first-order valence-corrected chi connectivity index (χ1v) is 9.67. The summed E-state index contributed by atoms with van der Waals surface area (Å²) in [5.41, 5.74) is 0.857. The Morgan fingerprint density at radius 1 is 1.21 bits per heavy atom. The highest BCUT2D eigenvalue weighted by Gasteiger charge is 2.21. The molecule has 3 aromatic rings. The van der Waals surface area contributed by atoms with Crippen molar-refractivity contribution >= 4 is 47.2 Å². The van der Waals surface area contributed by atoms with Crippen molar-refractivity contribution in [3.05, 3.63) is 47.9 Å². The highest BCUT2D eigenvalue weighted by molar-refractivity contribution is 14.0. The van der Waals surface area contributed by atoms with Gasteiger partial charge in [-0.25, -0.2) is 15.0 Å². The van der Waals surface area contributed by atoms with Crippen LogP contribution in [-0.2, 0) is 6.54 Å². The highest BCUT2D eigenvalue weighted by atomic mass is 127. The van der Waals surface area contributed by atoms with E-state index in [4.69, 9.17) is 4.42 Å². The molecule has 4 heterocycles. The summed E-state index contributed by atoms with van der Waals surface area (Å²) in [5, 5.41) is 5.39. The van der Waals surface area contributed by atoms with E-state index >= 15 is 0 Å². The topological polar surface area (TPSA) is 82.7 Å². The van der Waals surface area contributed by atoms with Crippen molar-refractivity contribution in [2.24, 2.45) is 4.99 Å². The molecule has 1 aliphatic rings. The third-order valence-corrected chi connectivity index (χ3v) is 5.20. The molecule has 0 spiro atoms. The van der Waals surface area contributed by atoms with Crippen LogP contribution in [0.1, 0.15) is 5.69 Å². The van der Waals surface area contributed by atoms with Gasteiger partial charge < -0.3 is 19.5 Å². The first-order valence-electron chi connectivity index (χ1n) is 8.79. The number of oxazole rings is 1. The second kappa shape index (κ2) is 9.82. The van der Waals surface area contributed by atoms with Crippen LogP contribution in [0.2, 0.25) is 0 Å². The van der Waals surface area contributed by atoms with Crippen molar-refractivity contribution in [2.45, 2.75) is 6.54 Å². The van der Waals surface area contributed by atoms with Crippen LogP contribution < -0.4 is 10.2 Å². The lowest BCUT2D eigenvalue weighted by Crippen LogP contribution is -2.52. The molecule has 0 aromatic carbocycles. The van der Waals surface area contributed by atoms with Gasteiger partial charge in [0.2, 0.25) is 11.8 Å². The molecule has 1 saturated heterocycles. The Kier molecular flexibility index (Phi) is 7.20. The minimum atomic E-state index is 0. The minimum Gasteiger partial charge on any atom is -0.443 e. The van der Waals surface area contributed by atoms with E-state index in [1.54, 1.807) is 37.0 Å². The number of rotatable bonds is 4. The van der Waals surface area contributed by atoms with E-state index in [1.807, 2.05) is 23.6 Å².